The Hall–Kier alpha value is -8.01. The molecule has 0 fully saturated rings. The molecule has 14 nitrogen and oxygen atoms in total. The molecule has 234 valence electrons. The second-order valence-corrected chi connectivity index (χ2v) is 10.1. The molecule has 50 heavy (non-hydrogen) atoms. The lowest BCUT2D eigenvalue weighted by molar-refractivity contribution is -0.137. The number of alkyl halides is 3. The van der Waals surface area contributed by atoms with Crippen molar-refractivity contribution < 1.29 is 22.0 Å². The molecular weight excluding hydrogens is 658 g/mol. The van der Waals surface area contributed by atoms with Crippen LogP contribution in [-0.4, -0.2) is 19.9 Å². The Balaban J connectivity index is 1.50. The van der Waals surface area contributed by atoms with Crippen LogP contribution in [0.15, 0.2) is 84.1 Å². The maximum absolute atomic E-state index is 14.2. The van der Waals surface area contributed by atoms with Crippen LogP contribution in [-0.2, 0) is 6.18 Å². The molecule has 0 saturated heterocycles. The first-order valence-electron chi connectivity index (χ1n) is 13.7. The van der Waals surface area contributed by atoms with Crippen LogP contribution in [0, 0.1) is 62.5 Å². The molecule has 0 saturated carbocycles. The van der Waals surface area contributed by atoms with Crippen LogP contribution in [0.5, 0.6) is 0 Å². The van der Waals surface area contributed by atoms with Crippen LogP contribution in [0.4, 0.5) is 17.6 Å². The van der Waals surface area contributed by atoms with E-state index >= 15 is 0 Å². The van der Waals surface area contributed by atoms with Gasteiger partial charge in [-0.25, -0.2) is 44.3 Å². The lowest BCUT2D eigenvalue weighted by Gasteiger charge is -2.07. The van der Waals surface area contributed by atoms with Crippen LogP contribution in [0.3, 0.4) is 0 Å². The zero-order valence-electron chi connectivity index (χ0n) is 24.3. The number of aromatic nitrogens is 4. The first kappa shape index (κ1) is 30.6. The number of fused-ring (bicyclic) bond motifs is 3. The third-order valence-corrected chi connectivity index (χ3v) is 7.12. The largest absolute Gasteiger partial charge is 0.434 e. The van der Waals surface area contributed by atoms with E-state index in [2.05, 4.69) is 39.9 Å². The Bertz CT molecular complexity index is 2930. The molecule has 0 aliphatic carbocycles. The fourth-order valence-electron chi connectivity index (χ4n) is 4.90. The molecule has 4 heterocycles. The second-order valence-electron chi connectivity index (χ2n) is 10.1. The molecule has 0 atom stereocenters. The fraction of sp³-hybridized carbons (Fsp3) is 0.0312. The smallest absolute Gasteiger partial charge is 0.416 e. The molecule has 0 spiro atoms. The van der Waals surface area contributed by atoms with Crippen molar-refractivity contribution in [2.24, 2.45) is 20.0 Å². The first-order valence-corrected chi connectivity index (χ1v) is 13.7. The van der Waals surface area contributed by atoms with Gasteiger partial charge in [0.15, 0.2) is 34.4 Å². The highest BCUT2D eigenvalue weighted by Gasteiger charge is 2.31. The van der Waals surface area contributed by atoms with Crippen molar-refractivity contribution >= 4 is 16.7 Å². The van der Waals surface area contributed by atoms with Gasteiger partial charge in [-0.1, -0.05) is 0 Å². The minimum absolute atomic E-state index is 0.00185. The summed E-state index contributed by atoms with van der Waals surface area (Å²) in [6.45, 7) is 0. The molecule has 18 heteroatoms. The van der Waals surface area contributed by atoms with Gasteiger partial charge in [-0.15, -0.1) is 0 Å². The number of allylic oxidation sites excluding steroid dienone is 2. The standard InChI is InChI=1S/C32H7F4N13O/c33-16-5-13(8-37)24-22(7-16)43-28(45-24)19(12-41)29-47-27(17-2-3-20-25(18(17)11-40)46-26(42-20)14(9-38)10-39)48-30(49-29)31-44-21-6-15(32(34,35)36)1-4-23(21)50-31/h1-7H/b28-19-. The van der Waals surface area contributed by atoms with Gasteiger partial charge in [0.05, 0.1) is 27.4 Å². The Morgan fingerprint density at radius 1 is 0.700 bits per heavy atom. The van der Waals surface area contributed by atoms with Crippen molar-refractivity contribution in [3.8, 4) is 53.4 Å². The predicted molar refractivity (Wildman–Crippen MR) is 155 cm³/mol. The van der Waals surface area contributed by atoms with Gasteiger partial charge in [-0.3, -0.25) is 0 Å². The van der Waals surface area contributed by atoms with Crippen molar-refractivity contribution in [3.63, 3.8) is 0 Å². The highest BCUT2D eigenvalue weighted by Crippen LogP contribution is 2.33. The van der Waals surface area contributed by atoms with E-state index in [1.54, 1.807) is 18.2 Å². The Kier molecular flexibility index (Phi) is 6.96. The van der Waals surface area contributed by atoms with Gasteiger partial charge in [0, 0.05) is 11.6 Å². The van der Waals surface area contributed by atoms with E-state index in [0.717, 1.165) is 30.3 Å². The molecule has 0 bridgehead atoms. The quantitative estimate of drug-likeness (QED) is 0.202. The SMILES string of the molecule is N#CC(C#N)=C1N=c2ccc(-c3nc(/C(C#N)=C4/N=c5cc(F)cc(C#N)c5=N4)nc(-c4nc5cc(C(F)(F)F)ccc5o4)n3)c(C#N)c2=N1. The summed E-state index contributed by atoms with van der Waals surface area (Å²) in [7, 11) is 0. The van der Waals surface area contributed by atoms with Gasteiger partial charge in [-0.2, -0.15) is 39.5 Å². The van der Waals surface area contributed by atoms with E-state index in [9.17, 15) is 43.9 Å². The van der Waals surface area contributed by atoms with Crippen molar-refractivity contribution in [2.45, 2.75) is 6.18 Å². The highest BCUT2D eigenvalue weighted by atomic mass is 19.4. The molecule has 0 radical (unpaired) electrons. The van der Waals surface area contributed by atoms with Gasteiger partial charge >= 0.3 is 6.18 Å². The summed E-state index contributed by atoms with van der Waals surface area (Å²) >= 11 is 0. The molecule has 5 aromatic rings. The van der Waals surface area contributed by atoms with E-state index in [0.29, 0.717) is 0 Å². The van der Waals surface area contributed by atoms with Crippen molar-refractivity contribution in [2.75, 3.05) is 0 Å². The average molecular weight is 665 g/mol. The van der Waals surface area contributed by atoms with Crippen LogP contribution in [0.2, 0.25) is 0 Å². The lowest BCUT2D eigenvalue weighted by Crippen LogP contribution is -2.25. The van der Waals surface area contributed by atoms with Crippen molar-refractivity contribution in [3.05, 3.63) is 109 Å². The number of hydrogen-bond acceptors (Lipinski definition) is 14. The van der Waals surface area contributed by atoms with Gasteiger partial charge in [0.25, 0.3) is 5.89 Å². The molecule has 2 aromatic heterocycles. The number of nitriles is 5. The highest BCUT2D eigenvalue weighted by molar-refractivity contribution is 5.79. The maximum Gasteiger partial charge on any atom is 0.416 e. The number of nitrogens with zero attached hydrogens (tertiary/aromatic N) is 13. The number of hydrogen-bond donors (Lipinski definition) is 0. The van der Waals surface area contributed by atoms with Gasteiger partial charge in [0.1, 0.15) is 58.0 Å². The van der Waals surface area contributed by atoms with E-state index in [1.165, 1.54) is 12.1 Å². The number of halogens is 4. The second kappa shape index (κ2) is 11.4. The minimum atomic E-state index is -4.68. The van der Waals surface area contributed by atoms with E-state index in [4.69, 9.17) is 4.42 Å². The normalized spacial score (nSPS) is 13.5. The van der Waals surface area contributed by atoms with Crippen LogP contribution >= 0.6 is 0 Å². The van der Waals surface area contributed by atoms with E-state index < -0.39 is 34.5 Å². The summed E-state index contributed by atoms with van der Waals surface area (Å²) < 4.78 is 60.0. The third kappa shape index (κ3) is 5.03. The average Bonchev–Trinajstić information content (AvgIpc) is 3.84. The van der Waals surface area contributed by atoms with Crippen LogP contribution in [0.1, 0.15) is 22.5 Å². The number of oxazole rings is 1. The fourth-order valence-corrected chi connectivity index (χ4v) is 4.90. The molecule has 0 N–H and O–H groups in total. The van der Waals surface area contributed by atoms with E-state index in [1.807, 2.05) is 12.1 Å². The third-order valence-electron chi connectivity index (χ3n) is 7.12. The first-order chi connectivity index (χ1) is 24.0. The number of rotatable bonds is 3. The molecular formula is C32H7F4N13O. The Morgan fingerprint density at radius 2 is 1.44 bits per heavy atom. The van der Waals surface area contributed by atoms with Crippen molar-refractivity contribution in [1.82, 2.24) is 19.9 Å². The summed E-state index contributed by atoms with van der Waals surface area (Å²) in [5, 5.41) is 48.5. The van der Waals surface area contributed by atoms with Gasteiger partial charge in [-0.05, 0) is 36.4 Å². The van der Waals surface area contributed by atoms with Crippen molar-refractivity contribution in [1.29, 1.82) is 26.3 Å². The monoisotopic (exact) mass is 665 g/mol. The van der Waals surface area contributed by atoms with Crippen LogP contribution < -0.4 is 21.4 Å². The van der Waals surface area contributed by atoms with Gasteiger partial charge in [0.2, 0.25) is 5.82 Å². The molecule has 7 rings (SSSR count). The molecule has 0 unspecified atom stereocenters. The predicted octanol–water partition coefficient (Wildman–Crippen LogP) is 2.90. The summed E-state index contributed by atoms with van der Waals surface area (Å²) in [4.78, 5) is 33.8. The van der Waals surface area contributed by atoms with Gasteiger partial charge < -0.3 is 4.42 Å². The maximum atomic E-state index is 14.2. The summed E-state index contributed by atoms with van der Waals surface area (Å²) in [5.41, 5.74) is -2.37. The number of benzene rings is 3. The molecule has 0 amide bonds. The summed E-state index contributed by atoms with van der Waals surface area (Å²) in [6.07, 6.45) is -4.68. The lowest BCUT2D eigenvalue weighted by atomic mass is 10.1. The zero-order valence-corrected chi connectivity index (χ0v) is 24.3. The summed E-state index contributed by atoms with van der Waals surface area (Å²) in [5.74, 6) is -2.77. The minimum Gasteiger partial charge on any atom is -0.434 e. The Labute approximate surface area is 273 Å². The summed E-state index contributed by atoms with van der Waals surface area (Å²) in [6, 6.07) is 16.3. The Morgan fingerprint density at radius 3 is 2.14 bits per heavy atom. The van der Waals surface area contributed by atoms with Crippen LogP contribution in [0.25, 0.3) is 39.8 Å². The topological polar surface area (TPSA) is 233 Å². The molecule has 2 aliphatic rings. The molecule has 2 aliphatic heterocycles. The molecule has 3 aromatic carbocycles. The zero-order chi connectivity index (χ0) is 35.3. The van der Waals surface area contributed by atoms with E-state index in [-0.39, 0.29) is 78.4 Å².